The van der Waals surface area contributed by atoms with Crippen LogP contribution in [0.4, 0.5) is 0 Å². The van der Waals surface area contributed by atoms with E-state index in [9.17, 15) is 4.79 Å². The third kappa shape index (κ3) is 9.47. The summed E-state index contributed by atoms with van der Waals surface area (Å²) in [5.74, 6) is 0.450. The fourth-order valence-electron chi connectivity index (χ4n) is 1.89. The average molecular weight is 300 g/mol. The molecule has 1 aliphatic rings. The second-order valence-corrected chi connectivity index (χ2v) is 6.12. The number of allylic oxidation sites excluding steroid dienone is 1. The second-order valence-electron chi connectivity index (χ2n) is 6.12. The molecule has 0 aromatic heterocycles. The molecule has 122 valence electrons. The number of carbonyl (C=O) groups excluding carboxylic acids is 1. The van der Waals surface area contributed by atoms with Crippen LogP contribution in [0.5, 0.6) is 0 Å². The lowest BCUT2D eigenvalue weighted by atomic mass is 10.2. The zero-order valence-electron chi connectivity index (χ0n) is 13.6. The lowest BCUT2D eigenvalue weighted by Gasteiger charge is -2.22. The first-order valence-electron chi connectivity index (χ1n) is 7.61. The molecule has 0 spiro atoms. The normalized spacial score (nSPS) is 20.2. The molecule has 1 rings (SSSR count). The second kappa shape index (κ2) is 9.05. The Balaban J connectivity index is 2.10. The number of ether oxygens (including phenoxy) is 4. The first-order valence-corrected chi connectivity index (χ1v) is 7.61. The topological polar surface area (TPSA) is 54.0 Å². The van der Waals surface area contributed by atoms with E-state index in [1.54, 1.807) is 6.08 Å². The van der Waals surface area contributed by atoms with Crippen LogP contribution in [-0.4, -0.2) is 37.7 Å². The summed E-state index contributed by atoms with van der Waals surface area (Å²) in [6.07, 6.45) is 5.07. The average Bonchev–Trinajstić information content (AvgIpc) is 2.41. The third-order valence-corrected chi connectivity index (χ3v) is 2.83. The van der Waals surface area contributed by atoms with E-state index in [1.807, 2.05) is 27.7 Å². The van der Waals surface area contributed by atoms with Crippen molar-refractivity contribution in [1.82, 2.24) is 0 Å². The highest BCUT2D eigenvalue weighted by Crippen LogP contribution is 2.13. The molecule has 0 N–H and O–H groups in total. The third-order valence-electron chi connectivity index (χ3n) is 2.83. The van der Waals surface area contributed by atoms with Gasteiger partial charge in [-0.1, -0.05) is 0 Å². The van der Waals surface area contributed by atoms with E-state index in [0.717, 1.165) is 25.9 Å². The van der Waals surface area contributed by atoms with E-state index in [0.29, 0.717) is 19.0 Å². The smallest absolute Gasteiger partial charge is 0.310 e. The lowest BCUT2D eigenvalue weighted by Crippen LogP contribution is -2.24. The van der Waals surface area contributed by atoms with Crippen LogP contribution in [0, 0.1) is 0 Å². The van der Waals surface area contributed by atoms with E-state index >= 15 is 0 Å². The van der Waals surface area contributed by atoms with Crippen LogP contribution < -0.4 is 0 Å². The predicted molar refractivity (Wildman–Crippen MR) is 79.7 cm³/mol. The van der Waals surface area contributed by atoms with Gasteiger partial charge in [0.25, 0.3) is 0 Å². The number of hydrogen-bond donors (Lipinski definition) is 0. The molecule has 21 heavy (non-hydrogen) atoms. The van der Waals surface area contributed by atoms with Crippen molar-refractivity contribution in [2.24, 2.45) is 0 Å². The quantitative estimate of drug-likeness (QED) is 0.410. The standard InChI is InChI=1S/C16H28O5/c1-13(8-9-14(17)21-16(2,3)4)18-11-12-20-15-7-5-6-10-19-15/h8,15H,5-7,9-12H2,1-4H3/b13-8+. The van der Waals surface area contributed by atoms with E-state index in [-0.39, 0.29) is 18.7 Å². The van der Waals surface area contributed by atoms with Crippen LogP contribution in [0.15, 0.2) is 11.8 Å². The van der Waals surface area contributed by atoms with E-state index in [2.05, 4.69) is 0 Å². The zero-order chi connectivity index (χ0) is 15.7. The predicted octanol–water partition coefficient (Wildman–Crippen LogP) is 3.18. The molecule has 0 amide bonds. The zero-order valence-corrected chi connectivity index (χ0v) is 13.6. The molecule has 1 unspecified atom stereocenters. The minimum atomic E-state index is -0.451. The Morgan fingerprint density at radius 2 is 2.05 bits per heavy atom. The van der Waals surface area contributed by atoms with Crippen molar-refractivity contribution in [2.45, 2.75) is 65.3 Å². The molecule has 1 heterocycles. The Bertz CT molecular complexity index is 337. The van der Waals surface area contributed by atoms with Crippen LogP contribution in [-0.2, 0) is 23.7 Å². The van der Waals surface area contributed by atoms with Crippen LogP contribution in [0.2, 0.25) is 0 Å². The van der Waals surface area contributed by atoms with Crippen LogP contribution >= 0.6 is 0 Å². The van der Waals surface area contributed by atoms with Gasteiger partial charge in [-0.15, -0.1) is 0 Å². The Morgan fingerprint density at radius 3 is 2.67 bits per heavy atom. The molecule has 0 radical (unpaired) electrons. The Kier molecular flexibility index (Phi) is 7.75. The van der Waals surface area contributed by atoms with Gasteiger partial charge in [0.05, 0.1) is 18.8 Å². The molecule has 5 nitrogen and oxygen atoms in total. The van der Waals surface area contributed by atoms with E-state index in [4.69, 9.17) is 18.9 Å². The summed E-state index contributed by atoms with van der Waals surface area (Å²) < 4.78 is 21.7. The van der Waals surface area contributed by atoms with Crippen molar-refractivity contribution in [2.75, 3.05) is 19.8 Å². The van der Waals surface area contributed by atoms with Crippen molar-refractivity contribution < 1.29 is 23.7 Å². The summed E-state index contributed by atoms with van der Waals surface area (Å²) >= 11 is 0. The number of hydrogen-bond acceptors (Lipinski definition) is 5. The van der Waals surface area contributed by atoms with Crippen LogP contribution in [0.25, 0.3) is 0 Å². The Morgan fingerprint density at radius 1 is 1.29 bits per heavy atom. The first kappa shape index (κ1) is 18.0. The van der Waals surface area contributed by atoms with Crippen molar-refractivity contribution in [3.05, 3.63) is 11.8 Å². The first-order chi connectivity index (χ1) is 9.87. The molecular weight excluding hydrogens is 272 g/mol. The van der Waals surface area contributed by atoms with Gasteiger partial charge < -0.3 is 18.9 Å². The van der Waals surface area contributed by atoms with Gasteiger partial charge in [0, 0.05) is 6.61 Å². The summed E-state index contributed by atoms with van der Waals surface area (Å²) in [6, 6.07) is 0. The SMILES string of the molecule is C/C(=C\CC(=O)OC(C)(C)C)OCCOC1CCCCO1. The molecule has 0 saturated carbocycles. The molecular formula is C16H28O5. The summed E-state index contributed by atoms with van der Waals surface area (Å²) in [5.41, 5.74) is -0.451. The van der Waals surface area contributed by atoms with Gasteiger partial charge in [-0.05, 0) is 53.0 Å². The maximum absolute atomic E-state index is 11.5. The summed E-state index contributed by atoms with van der Waals surface area (Å²) in [4.78, 5) is 11.5. The van der Waals surface area contributed by atoms with Crippen LogP contribution in [0.1, 0.15) is 53.4 Å². The van der Waals surface area contributed by atoms with Gasteiger partial charge in [-0.3, -0.25) is 4.79 Å². The molecule has 0 aliphatic carbocycles. The molecule has 1 atom stereocenters. The van der Waals surface area contributed by atoms with Gasteiger partial charge in [0.1, 0.15) is 12.2 Å². The van der Waals surface area contributed by atoms with Crippen molar-refractivity contribution in [3.63, 3.8) is 0 Å². The number of esters is 1. The highest BCUT2D eigenvalue weighted by atomic mass is 16.7. The lowest BCUT2D eigenvalue weighted by molar-refractivity contribution is -0.167. The van der Waals surface area contributed by atoms with E-state index < -0.39 is 5.60 Å². The fraction of sp³-hybridized carbons (Fsp3) is 0.812. The van der Waals surface area contributed by atoms with Gasteiger partial charge in [-0.2, -0.15) is 0 Å². The molecule has 1 aliphatic heterocycles. The summed E-state index contributed by atoms with van der Waals surface area (Å²) in [5, 5.41) is 0. The minimum absolute atomic E-state index is 0.0894. The molecule has 0 aromatic carbocycles. The van der Waals surface area contributed by atoms with Crippen molar-refractivity contribution >= 4 is 5.97 Å². The van der Waals surface area contributed by atoms with Gasteiger partial charge in [-0.25, -0.2) is 0 Å². The summed E-state index contributed by atoms with van der Waals surface area (Å²) in [6.45, 7) is 9.09. The minimum Gasteiger partial charge on any atom is -0.496 e. The monoisotopic (exact) mass is 300 g/mol. The fourth-order valence-corrected chi connectivity index (χ4v) is 1.89. The number of carbonyl (C=O) groups is 1. The van der Waals surface area contributed by atoms with Gasteiger partial charge in [0.15, 0.2) is 6.29 Å². The Labute approximate surface area is 127 Å². The molecule has 1 fully saturated rings. The maximum atomic E-state index is 11.5. The molecule has 1 saturated heterocycles. The van der Waals surface area contributed by atoms with Crippen LogP contribution in [0.3, 0.4) is 0 Å². The van der Waals surface area contributed by atoms with Gasteiger partial charge >= 0.3 is 5.97 Å². The van der Waals surface area contributed by atoms with Crippen molar-refractivity contribution in [3.8, 4) is 0 Å². The largest absolute Gasteiger partial charge is 0.496 e. The molecule has 0 bridgehead atoms. The van der Waals surface area contributed by atoms with E-state index in [1.165, 1.54) is 0 Å². The van der Waals surface area contributed by atoms with Crippen molar-refractivity contribution in [1.29, 1.82) is 0 Å². The highest BCUT2D eigenvalue weighted by molar-refractivity contribution is 5.71. The summed E-state index contributed by atoms with van der Waals surface area (Å²) in [7, 11) is 0. The number of rotatable bonds is 7. The molecule has 0 aromatic rings. The van der Waals surface area contributed by atoms with Gasteiger partial charge in [0.2, 0.25) is 0 Å². The maximum Gasteiger partial charge on any atom is 0.310 e. The Hall–Kier alpha value is -1.07. The molecule has 5 heteroatoms. The highest BCUT2D eigenvalue weighted by Gasteiger charge is 2.15.